The van der Waals surface area contributed by atoms with E-state index >= 15 is 0 Å². The Kier molecular flexibility index (Phi) is 8.11. The standard InChI is InChI=1S/C40H49N3/c1-25(2)32-14-10-15-33(26(3)4)38(32)42-24-43(39-34(27(5)6)16-11-17-35(39)28(7)8)40-36-21-19-30-13-9-12-29(22-30)18-20-31(41-36)23-37(40)42/h9-17,22-23,25-28H,18-21,24H2,1-8H3. The summed E-state index contributed by atoms with van der Waals surface area (Å²) in [6.45, 7) is 19.5. The first kappa shape index (κ1) is 29.5. The molecule has 4 bridgehead atoms. The van der Waals surface area contributed by atoms with Crippen LogP contribution in [0.4, 0.5) is 22.7 Å². The topological polar surface area (TPSA) is 19.4 Å². The van der Waals surface area contributed by atoms with Crippen molar-refractivity contribution in [2.45, 2.75) is 105 Å². The molecular formula is C40H49N3. The highest BCUT2D eigenvalue weighted by molar-refractivity contribution is 5.91. The number of nitrogens with zero attached hydrogens (tertiary/aromatic N) is 3. The summed E-state index contributed by atoms with van der Waals surface area (Å²) in [5.41, 5.74) is 16.4. The van der Waals surface area contributed by atoms with Gasteiger partial charge in [-0.3, -0.25) is 4.98 Å². The quantitative estimate of drug-likeness (QED) is 0.229. The molecule has 1 aromatic heterocycles. The minimum atomic E-state index is 0.421. The molecule has 3 aromatic carbocycles. The number of aromatic nitrogens is 1. The molecule has 2 aliphatic heterocycles. The van der Waals surface area contributed by atoms with Gasteiger partial charge in [-0.1, -0.05) is 116 Å². The van der Waals surface area contributed by atoms with Crippen molar-refractivity contribution in [1.82, 2.24) is 4.98 Å². The number of aryl methyl sites for hydroxylation is 4. The van der Waals surface area contributed by atoms with Gasteiger partial charge in [0.1, 0.15) is 6.67 Å². The number of rotatable bonds is 6. The molecule has 3 heterocycles. The van der Waals surface area contributed by atoms with E-state index in [0.29, 0.717) is 23.7 Å². The van der Waals surface area contributed by atoms with Crippen molar-refractivity contribution in [1.29, 1.82) is 0 Å². The van der Waals surface area contributed by atoms with E-state index in [4.69, 9.17) is 4.98 Å². The lowest BCUT2D eigenvalue weighted by Gasteiger charge is -2.31. The molecule has 0 radical (unpaired) electrons. The maximum atomic E-state index is 5.45. The highest BCUT2D eigenvalue weighted by atomic mass is 15.4. The second-order valence-corrected chi connectivity index (χ2v) is 13.9. The van der Waals surface area contributed by atoms with Crippen molar-refractivity contribution in [3.8, 4) is 0 Å². The van der Waals surface area contributed by atoms with Crippen molar-refractivity contribution in [2.24, 2.45) is 0 Å². The summed E-state index contributed by atoms with van der Waals surface area (Å²) in [5.74, 6) is 1.70. The summed E-state index contributed by atoms with van der Waals surface area (Å²) < 4.78 is 0. The van der Waals surface area contributed by atoms with Gasteiger partial charge >= 0.3 is 0 Å². The van der Waals surface area contributed by atoms with Crippen LogP contribution in [0.2, 0.25) is 0 Å². The van der Waals surface area contributed by atoms with Gasteiger partial charge in [0.25, 0.3) is 0 Å². The van der Waals surface area contributed by atoms with Gasteiger partial charge in [0, 0.05) is 17.1 Å². The molecule has 224 valence electrons. The van der Waals surface area contributed by atoms with E-state index < -0.39 is 0 Å². The predicted octanol–water partition coefficient (Wildman–Crippen LogP) is 10.7. The second-order valence-electron chi connectivity index (χ2n) is 13.9. The van der Waals surface area contributed by atoms with Crippen LogP contribution >= 0.6 is 0 Å². The minimum Gasteiger partial charge on any atom is -0.320 e. The van der Waals surface area contributed by atoms with Gasteiger partial charge in [-0.2, -0.15) is 0 Å². The number of anilines is 4. The van der Waals surface area contributed by atoms with Crippen LogP contribution in [0.15, 0.2) is 66.7 Å². The molecule has 3 nitrogen and oxygen atoms in total. The first-order chi connectivity index (χ1) is 20.6. The van der Waals surface area contributed by atoms with Gasteiger partial charge in [-0.15, -0.1) is 0 Å². The molecule has 0 fully saturated rings. The van der Waals surface area contributed by atoms with Gasteiger partial charge in [0.2, 0.25) is 0 Å². The van der Waals surface area contributed by atoms with E-state index in [-0.39, 0.29) is 0 Å². The summed E-state index contributed by atoms with van der Waals surface area (Å²) in [6, 6.07) is 25.6. The van der Waals surface area contributed by atoms with Crippen LogP contribution in [-0.2, 0) is 25.7 Å². The second kappa shape index (κ2) is 11.8. The summed E-state index contributed by atoms with van der Waals surface area (Å²) >= 11 is 0. The zero-order valence-electron chi connectivity index (χ0n) is 27.5. The molecule has 3 heteroatoms. The highest BCUT2D eigenvalue weighted by Gasteiger charge is 2.37. The van der Waals surface area contributed by atoms with Gasteiger partial charge in [0.15, 0.2) is 0 Å². The average molecular weight is 572 g/mol. The van der Waals surface area contributed by atoms with E-state index in [1.54, 1.807) is 0 Å². The first-order valence-corrected chi connectivity index (χ1v) is 16.5. The van der Waals surface area contributed by atoms with Crippen LogP contribution in [0.3, 0.4) is 0 Å². The Morgan fingerprint density at radius 3 is 1.49 bits per heavy atom. The number of pyridine rings is 1. The third kappa shape index (κ3) is 5.48. The molecule has 4 aromatic rings. The van der Waals surface area contributed by atoms with Crippen LogP contribution in [0.5, 0.6) is 0 Å². The van der Waals surface area contributed by atoms with Crippen molar-refractivity contribution in [3.63, 3.8) is 0 Å². The summed E-state index contributed by atoms with van der Waals surface area (Å²) in [7, 11) is 0. The zero-order valence-corrected chi connectivity index (χ0v) is 27.5. The van der Waals surface area contributed by atoms with Gasteiger partial charge < -0.3 is 9.80 Å². The number of hydrogen-bond acceptors (Lipinski definition) is 3. The number of benzene rings is 3. The molecular weight excluding hydrogens is 522 g/mol. The van der Waals surface area contributed by atoms with Crippen LogP contribution in [-0.4, -0.2) is 11.7 Å². The maximum Gasteiger partial charge on any atom is 0.100 e. The Morgan fingerprint density at radius 1 is 0.512 bits per heavy atom. The lowest BCUT2D eigenvalue weighted by molar-refractivity contribution is 0.804. The third-order valence-corrected chi connectivity index (χ3v) is 9.48. The van der Waals surface area contributed by atoms with Crippen molar-refractivity contribution in [3.05, 3.63) is 111 Å². The first-order valence-electron chi connectivity index (χ1n) is 16.5. The lowest BCUT2D eigenvalue weighted by atomic mass is 9.91. The molecule has 0 spiro atoms. The van der Waals surface area contributed by atoms with E-state index in [9.17, 15) is 0 Å². The lowest BCUT2D eigenvalue weighted by Crippen LogP contribution is -2.28. The molecule has 0 saturated carbocycles. The normalized spacial score (nSPS) is 14.8. The highest BCUT2D eigenvalue weighted by Crippen LogP contribution is 2.52. The Morgan fingerprint density at radius 2 is 0.977 bits per heavy atom. The monoisotopic (exact) mass is 571 g/mol. The smallest absolute Gasteiger partial charge is 0.100 e. The van der Waals surface area contributed by atoms with E-state index in [1.807, 2.05) is 0 Å². The van der Waals surface area contributed by atoms with E-state index in [1.165, 1.54) is 67.5 Å². The number of para-hydroxylation sites is 2. The molecule has 6 rings (SSSR count). The molecule has 0 N–H and O–H groups in total. The largest absolute Gasteiger partial charge is 0.320 e. The zero-order chi connectivity index (χ0) is 30.4. The predicted molar refractivity (Wildman–Crippen MR) is 184 cm³/mol. The van der Waals surface area contributed by atoms with Gasteiger partial charge in [-0.05, 0) is 88.8 Å². The van der Waals surface area contributed by atoms with Crippen LogP contribution < -0.4 is 9.80 Å². The Hall–Kier alpha value is -3.59. The Bertz CT molecular complexity index is 1570. The molecule has 43 heavy (non-hydrogen) atoms. The van der Waals surface area contributed by atoms with Crippen molar-refractivity contribution >= 4 is 22.7 Å². The van der Waals surface area contributed by atoms with Gasteiger partial charge in [0.05, 0.1) is 17.1 Å². The van der Waals surface area contributed by atoms with E-state index in [2.05, 4.69) is 132 Å². The minimum absolute atomic E-state index is 0.421. The summed E-state index contributed by atoms with van der Waals surface area (Å²) in [4.78, 5) is 10.8. The van der Waals surface area contributed by atoms with Crippen LogP contribution in [0.25, 0.3) is 0 Å². The molecule has 0 saturated heterocycles. The molecule has 2 aliphatic rings. The average Bonchev–Trinajstić information content (AvgIpc) is 3.36. The van der Waals surface area contributed by atoms with Crippen molar-refractivity contribution < 1.29 is 0 Å². The number of fused-ring (bicyclic) bond motifs is 6. The Labute approximate surface area is 260 Å². The number of hydrogen-bond donors (Lipinski definition) is 0. The molecule has 0 amide bonds. The molecule has 0 unspecified atom stereocenters. The fourth-order valence-electron chi connectivity index (χ4n) is 7.22. The van der Waals surface area contributed by atoms with Gasteiger partial charge in [-0.25, -0.2) is 0 Å². The Balaban J connectivity index is 1.63. The van der Waals surface area contributed by atoms with E-state index in [0.717, 1.165) is 32.4 Å². The SMILES string of the molecule is CC(C)c1cccc(C(C)C)c1N1CN(c2c(C(C)C)cccc2C(C)C)c2c1cc1nc2CCc2cccc(c2)CC1. The fraction of sp³-hybridized carbons (Fsp3) is 0.425. The summed E-state index contributed by atoms with van der Waals surface area (Å²) in [6.07, 6.45) is 3.93. The van der Waals surface area contributed by atoms with Crippen molar-refractivity contribution in [2.75, 3.05) is 16.5 Å². The van der Waals surface area contributed by atoms with Crippen LogP contribution in [0.1, 0.15) is 124 Å². The fourth-order valence-corrected chi connectivity index (χ4v) is 7.22. The third-order valence-electron chi connectivity index (χ3n) is 9.48. The van der Waals surface area contributed by atoms with Crippen LogP contribution in [0, 0.1) is 0 Å². The summed E-state index contributed by atoms with van der Waals surface area (Å²) in [5, 5.41) is 0. The molecule has 0 atom stereocenters. The maximum absolute atomic E-state index is 5.45. The molecule has 0 aliphatic carbocycles.